The lowest BCUT2D eigenvalue weighted by atomic mass is 9.99. The molecular weight excluding hydrogens is 406 g/mol. The maximum atomic E-state index is 12.5. The second kappa shape index (κ2) is 5.82. The first-order valence-electron chi connectivity index (χ1n) is 8.80. The van der Waals surface area contributed by atoms with Crippen LogP contribution in [0, 0.1) is 0 Å². The zero-order chi connectivity index (χ0) is 19.6. The van der Waals surface area contributed by atoms with Crippen molar-refractivity contribution in [3.63, 3.8) is 0 Å². The smallest absolute Gasteiger partial charge is 0.283 e. The molecule has 0 aliphatic carbocycles. The summed E-state index contributed by atoms with van der Waals surface area (Å²) in [6.45, 7) is 0. The van der Waals surface area contributed by atoms with Crippen LogP contribution in [0.3, 0.4) is 0 Å². The zero-order valence-electron chi connectivity index (χ0n) is 14.7. The van der Waals surface area contributed by atoms with Crippen molar-refractivity contribution in [2.75, 3.05) is 0 Å². The van der Waals surface area contributed by atoms with Gasteiger partial charge in [0.25, 0.3) is 10.0 Å². The summed E-state index contributed by atoms with van der Waals surface area (Å²) in [5, 5.41) is 5.71. The normalized spacial score (nSPS) is 15.0. The van der Waals surface area contributed by atoms with Crippen molar-refractivity contribution < 1.29 is 12.9 Å². The van der Waals surface area contributed by atoms with E-state index in [1.165, 1.54) is 11.5 Å². The van der Waals surface area contributed by atoms with Crippen LogP contribution in [0.25, 0.3) is 32.3 Å². The summed E-state index contributed by atoms with van der Waals surface area (Å²) in [4.78, 5) is 0.239. The van der Waals surface area contributed by atoms with Crippen molar-refractivity contribution in [1.29, 1.82) is 0 Å². The van der Waals surface area contributed by atoms with Gasteiger partial charge in [0, 0.05) is 27.5 Å². The van der Waals surface area contributed by atoms with E-state index >= 15 is 0 Å². The van der Waals surface area contributed by atoms with Crippen molar-refractivity contribution in [2.24, 2.45) is 4.40 Å². The zero-order valence-corrected chi connectivity index (χ0v) is 16.4. The second-order valence-electron chi connectivity index (χ2n) is 6.67. The molecule has 6 nitrogen and oxygen atoms in total. The van der Waals surface area contributed by atoms with Gasteiger partial charge in [0.05, 0.1) is 27.2 Å². The molecule has 0 atom stereocenters. The molecule has 3 heterocycles. The van der Waals surface area contributed by atoms with Gasteiger partial charge >= 0.3 is 0 Å². The van der Waals surface area contributed by atoms with Gasteiger partial charge in [0.15, 0.2) is 5.58 Å². The second-order valence-corrected chi connectivity index (χ2v) is 9.02. The first-order valence-corrected chi connectivity index (χ1v) is 11.0. The summed E-state index contributed by atoms with van der Waals surface area (Å²) in [7, 11) is -3.69. The first-order chi connectivity index (χ1) is 14.1. The molecule has 1 aliphatic heterocycles. The van der Waals surface area contributed by atoms with Gasteiger partial charge < -0.3 is 4.52 Å². The molecule has 0 unspecified atom stereocenters. The molecule has 0 bridgehead atoms. The minimum Gasteiger partial charge on any atom is -0.356 e. The Kier molecular flexibility index (Phi) is 3.33. The lowest BCUT2D eigenvalue weighted by Crippen LogP contribution is -2.00. The minimum atomic E-state index is -3.69. The summed E-state index contributed by atoms with van der Waals surface area (Å²) >= 11 is 1.32. The highest BCUT2D eigenvalue weighted by atomic mass is 32.2. The summed E-state index contributed by atoms with van der Waals surface area (Å²) in [6, 6.07) is 18.5. The number of hydrogen-bond acceptors (Lipinski definition) is 6. The Labute approximate surface area is 169 Å². The first kappa shape index (κ1) is 16.6. The number of hydrogen-bond donors (Lipinski definition) is 0. The third kappa shape index (κ3) is 2.33. The average molecular weight is 417 g/mol. The molecule has 0 spiro atoms. The summed E-state index contributed by atoms with van der Waals surface area (Å²) in [6.07, 6.45) is 1.67. The number of rotatable bonds is 2. The Morgan fingerprint density at radius 2 is 1.66 bits per heavy atom. The van der Waals surface area contributed by atoms with E-state index in [2.05, 4.69) is 13.9 Å². The molecule has 8 heteroatoms. The fourth-order valence-electron chi connectivity index (χ4n) is 3.72. The lowest BCUT2D eigenvalue weighted by molar-refractivity contribution is 0.457. The van der Waals surface area contributed by atoms with Crippen LogP contribution in [0.4, 0.5) is 0 Å². The van der Waals surface area contributed by atoms with E-state index in [4.69, 9.17) is 4.52 Å². The van der Waals surface area contributed by atoms with Crippen molar-refractivity contribution >= 4 is 48.3 Å². The highest BCUT2D eigenvalue weighted by Gasteiger charge is 2.30. The molecule has 0 radical (unpaired) electrons. The van der Waals surface area contributed by atoms with Crippen LogP contribution in [0.5, 0.6) is 0 Å². The quantitative estimate of drug-likeness (QED) is 0.418. The van der Waals surface area contributed by atoms with Crippen LogP contribution in [-0.2, 0) is 10.0 Å². The summed E-state index contributed by atoms with van der Waals surface area (Å²) in [5.41, 5.74) is 4.14. The summed E-state index contributed by atoms with van der Waals surface area (Å²) in [5.74, 6) is 0. The van der Waals surface area contributed by atoms with Crippen molar-refractivity contribution in [3.05, 3.63) is 78.0 Å². The molecule has 0 fully saturated rings. The van der Waals surface area contributed by atoms with Crippen LogP contribution in [-0.4, -0.2) is 23.7 Å². The topological polar surface area (TPSA) is 85.4 Å². The van der Waals surface area contributed by atoms with Gasteiger partial charge in [-0.2, -0.15) is 17.2 Å². The van der Waals surface area contributed by atoms with E-state index in [0.717, 1.165) is 32.3 Å². The van der Waals surface area contributed by atoms with Gasteiger partial charge in [0.2, 0.25) is 0 Å². The van der Waals surface area contributed by atoms with Gasteiger partial charge in [-0.25, -0.2) is 0 Å². The molecule has 6 rings (SSSR count). The Hall–Kier alpha value is -3.36. The van der Waals surface area contributed by atoms with Crippen molar-refractivity contribution in [1.82, 2.24) is 9.53 Å². The maximum Gasteiger partial charge on any atom is 0.283 e. The van der Waals surface area contributed by atoms with Gasteiger partial charge in [-0.1, -0.05) is 47.6 Å². The van der Waals surface area contributed by atoms with Gasteiger partial charge in [0.1, 0.15) is 0 Å². The average Bonchev–Trinajstić information content (AvgIpc) is 3.44. The SMILES string of the molecule is O=S1(=O)N=C(c2cccc3c(-c4cccc5cnoc45)nsc23)c2ccccc21. The third-order valence-electron chi connectivity index (χ3n) is 5.02. The molecule has 2 aromatic heterocycles. The van der Waals surface area contributed by atoms with Crippen molar-refractivity contribution in [3.8, 4) is 11.3 Å². The van der Waals surface area contributed by atoms with Gasteiger partial charge in [-0.05, 0) is 29.7 Å². The number of aromatic nitrogens is 2. The predicted octanol–water partition coefficient (Wildman–Crippen LogP) is 4.64. The van der Waals surface area contributed by atoms with E-state index in [0.29, 0.717) is 16.9 Å². The predicted molar refractivity (Wildman–Crippen MR) is 112 cm³/mol. The molecule has 29 heavy (non-hydrogen) atoms. The van der Waals surface area contributed by atoms with E-state index in [-0.39, 0.29) is 4.90 Å². The Bertz CT molecular complexity index is 1580. The monoisotopic (exact) mass is 417 g/mol. The highest BCUT2D eigenvalue weighted by molar-refractivity contribution is 7.90. The fourth-order valence-corrected chi connectivity index (χ4v) is 5.86. The fraction of sp³-hybridized carbons (Fsp3) is 0. The Morgan fingerprint density at radius 3 is 2.59 bits per heavy atom. The van der Waals surface area contributed by atoms with Crippen LogP contribution < -0.4 is 0 Å². The molecule has 3 aromatic carbocycles. The number of nitrogens with zero attached hydrogens (tertiary/aromatic N) is 3. The third-order valence-corrected chi connectivity index (χ3v) is 7.25. The molecule has 140 valence electrons. The van der Waals surface area contributed by atoms with E-state index in [1.54, 1.807) is 24.4 Å². The van der Waals surface area contributed by atoms with Crippen LogP contribution in [0.15, 0.2) is 80.7 Å². The molecule has 0 N–H and O–H groups in total. The maximum absolute atomic E-state index is 12.5. The molecule has 1 aliphatic rings. The van der Waals surface area contributed by atoms with E-state index in [1.807, 2.05) is 42.5 Å². The molecule has 0 amide bonds. The molecular formula is C21H11N3O3S2. The highest BCUT2D eigenvalue weighted by Crippen LogP contribution is 2.38. The number of benzene rings is 3. The van der Waals surface area contributed by atoms with Crippen molar-refractivity contribution in [2.45, 2.75) is 4.90 Å². The number of fused-ring (bicyclic) bond motifs is 3. The Balaban J connectivity index is 1.62. The number of sulfonamides is 1. The largest absolute Gasteiger partial charge is 0.356 e. The minimum absolute atomic E-state index is 0.239. The summed E-state index contributed by atoms with van der Waals surface area (Å²) < 4.78 is 40.1. The standard InChI is InChI=1S/C21H11N3O3S2/c25-29(26)17-10-2-1-6-13(17)19(24-29)16-9-4-8-15-18(23-28-21(15)16)14-7-3-5-12-11-22-27-20(12)14/h1-11H. The molecule has 0 saturated heterocycles. The lowest BCUT2D eigenvalue weighted by Gasteiger charge is -2.04. The van der Waals surface area contributed by atoms with E-state index in [9.17, 15) is 8.42 Å². The van der Waals surface area contributed by atoms with Crippen LogP contribution in [0.1, 0.15) is 11.1 Å². The van der Waals surface area contributed by atoms with Gasteiger partial charge in [-0.15, -0.1) is 0 Å². The van der Waals surface area contributed by atoms with E-state index < -0.39 is 10.0 Å². The Morgan fingerprint density at radius 1 is 0.862 bits per heavy atom. The van der Waals surface area contributed by atoms with Gasteiger partial charge in [-0.3, -0.25) is 0 Å². The van der Waals surface area contributed by atoms with Crippen LogP contribution in [0.2, 0.25) is 0 Å². The molecule has 0 saturated carbocycles. The number of para-hydroxylation sites is 1. The van der Waals surface area contributed by atoms with Crippen LogP contribution >= 0.6 is 11.5 Å². The molecule has 5 aromatic rings.